The molecule has 0 aliphatic rings. The maximum Gasteiger partial charge on any atom is 0.417 e. The maximum atomic E-state index is 13.0. The second-order valence-electron chi connectivity index (χ2n) is 4.73. The molecular weight excluding hydrogens is 273 g/mol. The molecule has 0 bridgehead atoms. The summed E-state index contributed by atoms with van der Waals surface area (Å²) >= 11 is 0. The van der Waals surface area contributed by atoms with Crippen molar-refractivity contribution in [2.45, 2.75) is 39.8 Å². The molecule has 0 radical (unpaired) electrons. The highest BCUT2D eigenvalue weighted by Crippen LogP contribution is 2.37. The molecule has 0 nitrogen and oxygen atoms in total. The normalized spacial score (nSPS) is 11.0. The molecule has 21 heavy (non-hydrogen) atoms. The van der Waals surface area contributed by atoms with E-state index in [-0.39, 0.29) is 11.5 Å². The predicted octanol–water partition coefficient (Wildman–Crippen LogP) is 5.99. The van der Waals surface area contributed by atoms with Gasteiger partial charge in [-0.25, -0.2) is 0 Å². The van der Waals surface area contributed by atoms with Crippen molar-refractivity contribution in [3.63, 3.8) is 0 Å². The third kappa shape index (κ3) is 3.39. The minimum atomic E-state index is -4.43. The fraction of sp³-hybridized carbons (Fsp3) is 0.333. The summed E-state index contributed by atoms with van der Waals surface area (Å²) in [6.07, 6.45) is 0.902. The highest BCUT2D eigenvalue weighted by molar-refractivity contribution is 5.92. The molecule has 2 aromatic carbocycles. The van der Waals surface area contributed by atoms with Gasteiger partial charge in [0.2, 0.25) is 0 Å². The summed E-state index contributed by atoms with van der Waals surface area (Å²) in [6.45, 7) is 7.88. The molecular formula is C18H19F3. The van der Waals surface area contributed by atoms with Gasteiger partial charge >= 0.3 is 6.18 Å². The molecule has 2 aromatic rings. The van der Waals surface area contributed by atoms with Crippen molar-refractivity contribution in [3.8, 4) is 12.3 Å². The molecule has 0 fully saturated rings. The molecule has 0 saturated heterocycles. The smallest absolute Gasteiger partial charge is 0.166 e. The van der Waals surface area contributed by atoms with Crippen LogP contribution in [0.1, 0.15) is 50.3 Å². The first-order valence-electron chi connectivity index (χ1n) is 6.95. The highest BCUT2D eigenvalue weighted by atomic mass is 19.4. The zero-order chi connectivity index (χ0) is 16.2. The topological polar surface area (TPSA) is 0 Å². The van der Waals surface area contributed by atoms with E-state index in [2.05, 4.69) is 5.92 Å². The Morgan fingerprint density at radius 2 is 1.67 bits per heavy atom. The van der Waals surface area contributed by atoms with Gasteiger partial charge in [-0.15, -0.1) is 6.42 Å². The lowest BCUT2D eigenvalue weighted by molar-refractivity contribution is -0.137. The third-order valence-electron chi connectivity index (χ3n) is 3.15. The number of alkyl halides is 3. The van der Waals surface area contributed by atoms with Crippen molar-refractivity contribution in [2.75, 3.05) is 0 Å². The van der Waals surface area contributed by atoms with E-state index in [4.69, 9.17) is 6.42 Å². The van der Waals surface area contributed by atoms with E-state index in [1.165, 1.54) is 6.07 Å². The van der Waals surface area contributed by atoms with Crippen LogP contribution >= 0.6 is 0 Å². The first-order chi connectivity index (χ1) is 9.86. The Kier molecular flexibility index (Phi) is 5.43. The van der Waals surface area contributed by atoms with E-state index >= 15 is 0 Å². The van der Waals surface area contributed by atoms with Gasteiger partial charge in [-0.1, -0.05) is 57.9 Å². The molecule has 0 aliphatic carbocycles. The molecule has 0 amide bonds. The predicted molar refractivity (Wildman–Crippen MR) is 82.3 cm³/mol. The Bertz CT molecular complexity index is 658. The number of hydrogen-bond donors (Lipinski definition) is 0. The van der Waals surface area contributed by atoms with Crippen molar-refractivity contribution >= 4 is 10.8 Å². The summed E-state index contributed by atoms with van der Waals surface area (Å²) in [5.41, 5.74) is 0.0430. The molecule has 0 spiro atoms. The molecule has 0 saturated carbocycles. The van der Waals surface area contributed by atoms with Gasteiger partial charge in [-0.2, -0.15) is 13.2 Å². The number of fused-ring (bicyclic) bond motifs is 1. The average molecular weight is 292 g/mol. The van der Waals surface area contributed by atoms with Gasteiger partial charge in [0, 0.05) is 10.9 Å². The summed E-state index contributed by atoms with van der Waals surface area (Å²) in [6, 6.07) is 7.98. The Morgan fingerprint density at radius 3 is 2.14 bits per heavy atom. The minimum absolute atomic E-state index is 0.0608. The Hall–Kier alpha value is -1.95. The van der Waals surface area contributed by atoms with Gasteiger partial charge in [-0.05, 0) is 22.9 Å². The van der Waals surface area contributed by atoms with Crippen LogP contribution in [0.4, 0.5) is 13.2 Å². The van der Waals surface area contributed by atoms with E-state index in [0.29, 0.717) is 5.39 Å². The second kappa shape index (κ2) is 6.67. The van der Waals surface area contributed by atoms with Crippen LogP contribution in [-0.2, 0) is 6.18 Å². The summed E-state index contributed by atoms with van der Waals surface area (Å²) in [4.78, 5) is 0. The zero-order valence-electron chi connectivity index (χ0n) is 12.7. The molecule has 0 aromatic heterocycles. The zero-order valence-corrected chi connectivity index (χ0v) is 12.7. The lowest BCUT2D eigenvalue weighted by Crippen LogP contribution is -2.08. The second-order valence-corrected chi connectivity index (χ2v) is 4.73. The molecule has 3 heteroatoms. The van der Waals surface area contributed by atoms with E-state index in [1.54, 1.807) is 6.07 Å². The summed E-state index contributed by atoms with van der Waals surface area (Å²) in [5, 5.41) is 1.28. The van der Waals surface area contributed by atoms with Crippen molar-refractivity contribution in [2.24, 2.45) is 0 Å². The maximum absolute atomic E-state index is 13.0. The van der Waals surface area contributed by atoms with Gasteiger partial charge in [0.1, 0.15) is 0 Å². The summed E-state index contributed by atoms with van der Waals surface area (Å²) < 4.78 is 39.0. The summed E-state index contributed by atoms with van der Waals surface area (Å²) in [5.74, 6) is 2.33. The monoisotopic (exact) mass is 292 g/mol. The molecule has 0 unspecified atom stereocenters. The number of rotatable bonds is 1. The van der Waals surface area contributed by atoms with Crippen LogP contribution in [0.2, 0.25) is 0 Å². The number of halogens is 3. The van der Waals surface area contributed by atoms with Crippen LogP contribution in [0.25, 0.3) is 10.8 Å². The molecule has 0 aliphatic heterocycles. The van der Waals surface area contributed by atoms with Gasteiger partial charge in [-0.3, -0.25) is 0 Å². The van der Waals surface area contributed by atoms with E-state index in [1.807, 2.05) is 39.8 Å². The highest BCUT2D eigenvalue weighted by Gasteiger charge is 2.34. The minimum Gasteiger partial charge on any atom is -0.166 e. The molecule has 0 heterocycles. The van der Waals surface area contributed by atoms with E-state index in [9.17, 15) is 13.2 Å². The fourth-order valence-corrected chi connectivity index (χ4v) is 2.27. The average Bonchev–Trinajstić information content (AvgIpc) is 2.46. The number of benzene rings is 2. The first kappa shape index (κ1) is 17.1. The summed E-state index contributed by atoms with van der Waals surface area (Å²) in [7, 11) is 0. The van der Waals surface area contributed by atoms with Gasteiger partial charge < -0.3 is 0 Å². The van der Waals surface area contributed by atoms with Crippen LogP contribution in [0.3, 0.4) is 0 Å². The van der Waals surface area contributed by atoms with Gasteiger partial charge in [0.25, 0.3) is 0 Å². The van der Waals surface area contributed by atoms with Crippen molar-refractivity contribution in [3.05, 3.63) is 47.0 Å². The van der Waals surface area contributed by atoms with Crippen LogP contribution in [-0.4, -0.2) is 0 Å². The molecule has 2 rings (SSSR count). The standard InChI is InChI=1S/C16H13F3.C2H6/c1-4-12-14(16(17,18)19)9-8-11-6-5-7-13(10(2)3)15(11)12;1-2/h1,5-10H,2-3H3;1-2H3. The van der Waals surface area contributed by atoms with Crippen molar-refractivity contribution in [1.29, 1.82) is 0 Å². The first-order valence-corrected chi connectivity index (χ1v) is 6.95. The van der Waals surface area contributed by atoms with Gasteiger partial charge in [0.15, 0.2) is 0 Å². The third-order valence-corrected chi connectivity index (χ3v) is 3.15. The SMILES string of the molecule is C#Cc1c(C(F)(F)F)ccc2cccc(C(C)C)c12.CC. The van der Waals surface area contributed by atoms with Crippen LogP contribution in [0, 0.1) is 12.3 Å². The fourth-order valence-electron chi connectivity index (χ4n) is 2.27. The van der Waals surface area contributed by atoms with Gasteiger partial charge in [0.05, 0.1) is 5.56 Å². The largest absolute Gasteiger partial charge is 0.417 e. The Morgan fingerprint density at radius 1 is 1.05 bits per heavy atom. The lowest BCUT2D eigenvalue weighted by Gasteiger charge is -2.16. The number of hydrogen-bond acceptors (Lipinski definition) is 0. The quantitative estimate of drug-likeness (QED) is 0.566. The Balaban J connectivity index is 0.00000106. The van der Waals surface area contributed by atoms with Crippen molar-refractivity contribution in [1.82, 2.24) is 0 Å². The number of terminal acetylenes is 1. The molecule has 0 atom stereocenters. The van der Waals surface area contributed by atoms with E-state index < -0.39 is 11.7 Å². The molecule has 0 N–H and O–H groups in total. The van der Waals surface area contributed by atoms with Crippen LogP contribution in [0.5, 0.6) is 0 Å². The molecule has 112 valence electrons. The van der Waals surface area contributed by atoms with E-state index in [0.717, 1.165) is 17.0 Å². The van der Waals surface area contributed by atoms with Crippen molar-refractivity contribution < 1.29 is 13.2 Å². The Labute approximate surface area is 124 Å². The van der Waals surface area contributed by atoms with Crippen LogP contribution in [0.15, 0.2) is 30.3 Å². The lowest BCUT2D eigenvalue weighted by atomic mass is 9.90. The van der Waals surface area contributed by atoms with Crippen LogP contribution < -0.4 is 0 Å².